The average molecular weight is 433 g/mol. The summed E-state index contributed by atoms with van der Waals surface area (Å²) >= 11 is 0. The van der Waals surface area contributed by atoms with Crippen molar-refractivity contribution in [2.45, 2.75) is 44.6 Å². The molecule has 2 N–H and O–H groups in total. The largest absolute Gasteiger partial charge is 0.460 e. The summed E-state index contributed by atoms with van der Waals surface area (Å²) in [6.07, 6.45) is 0.983. The van der Waals surface area contributed by atoms with Crippen LogP contribution in [0, 0.1) is 6.92 Å². The first-order chi connectivity index (χ1) is 14.2. The van der Waals surface area contributed by atoms with E-state index in [-0.39, 0.29) is 35.6 Å². The average Bonchev–Trinajstić information content (AvgIpc) is 2.70. The normalized spacial score (nSPS) is 11.3. The zero-order valence-electron chi connectivity index (χ0n) is 17.5. The van der Waals surface area contributed by atoms with Crippen molar-refractivity contribution in [1.29, 1.82) is 0 Å². The van der Waals surface area contributed by atoms with E-state index in [1.165, 1.54) is 29.8 Å². The van der Waals surface area contributed by atoms with Gasteiger partial charge in [0.15, 0.2) is 0 Å². The molecule has 0 radical (unpaired) electrons. The summed E-state index contributed by atoms with van der Waals surface area (Å²) in [6.45, 7) is 5.62. The van der Waals surface area contributed by atoms with Gasteiger partial charge in [0.1, 0.15) is 6.61 Å². The van der Waals surface area contributed by atoms with Crippen LogP contribution in [0.4, 0.5) is 0 Å². The molecule has 2 aromatic rings. The maximum atomic E-state index is 12.2. The number of carbonyl (C=O) groups excluding carboxylic acids is 2. The van der Waals surface area contributed by atoms with Gasteiger partial charge in [-0.1, -0.05) is 35.9 Å². The van der Waals surface area contributed by atoms with Gasteiger partial charge in [-0.15, -0.1) is 0 Å². The molecule has 0 aliphatic heterocycles. The number of hydrogen-bond donors (Lipinski definition) is 2. The first-order valence-electron chi connectivity index (χ1n) is 9.79. The topological polar surface area (TPSA) is 102 Å². The summed E-state index contributed by atoms with van der Waals surface area (Å²) < 4.78 is 32.0. The van der Waals surface area contributed by atoms with E-state index in [0.717, 1.165) is 5.56 Å². The van der Waals surface area contributed by atoms with Crippen molar-refractivity contribution in [2.24, 2.45) is 0 Å². The summed E-state index contributed by atoms with van der Waals surface area (Å²) in [4.78, 5) is 24.1. The van der Waals surface area contributed by atoms with Crippen LogP contribution in [0.2, 0.25) is 0 Å². The lowest BCUT2D eigenvalue weighted by Gasteiger charge is -2.11. The Morgan fingerprint density at radius 1 is 1.07 bits per heavy atom. The molecule has 0 bridgehead atoms. The van der Waals surface area contributed by atoms with Crippen molar-refractivity contribution in [1.82, 2.24) is 10.0 Å². The van der Waals surface area contributed by atoms with Gasteiger partial charge in [-0.05, 0) is 51.0 Å². The minimum atomic E-state index is -3.70. The molecule has 162 valence electrons. The highest BCUT2D eigenvalue weighted by molar-refractivity contribution is 7.89. The molecule has 0 atom stereocenters. The highest BCUT2D eigenvalue weighted by atomic mass is 32.2. The second-order valence-electron chi connectivity index (χ2n) is 7.28. The molecule has 2 aromatic carbocycles. The Hall–Kier alpha value is -2.71. The highest BCUT2D eigenvalue weighted by Gasteiger charge is 2.17. The molecule has 0 unspecified atom stereocenters. The van der Waals surface area contributed by atoms with Crippen LogP contribution in [-0.2, 0) is 26.0 Å². The molecule has 1 amide bonds. The third-order valence-corrected chi connectivity index (χ3v) is 5.85. The van der Waals surface area contributed by atoms with E-state index >= 15 is 0 Å². The van der Waals surface area contributed by atoms with E-state index in [2.05, 4.69) is 10.0 Å². The van der Waals surface area contributed by atoms with Crippen molar-refractivity contribution in [2.75, 3.05) is 13.2 Å². The van der Waals surface area contributed by atoms with Crippen LogP contribution in [0.1, 0.15) is 41.8 Å². The number of esters is 1. The minimum Gasteiger partial charge on any atom is -0.460 e. The van der Waals surface area contributed by atoms with Crippen LogP contribution in [-0.4, -0.2) is 39.5 Å². The molecule has 0 saturated heterocycles. The third kappa shape index (κ3) is 7.61. The molecule has 0 aliphatic carbocycles. The van der Waals surface area contributed by atoms with Gasteiger partial charge in [-0.3, -0.25) is 4.79 Å². The quantitative estimate of drug-likeness (QED) is 0.444. The summed E-state index contributed by atoms with van der Waals surface area (Å²) in [5.74, 6) is -0.773. The summed E-state index contributed by atoms with van der Waals surface area (Å²) in [6, 6.07) is 13.4. The lowest BCUT2D eigenvalue weighted by Crippen LogP contribution is -2.30. The van der Waals surface area contributed by atoms with Crippen LogP contribution in [0.25, 0.3) is 0 Å². The zero-order chi connectivity index (χ0) is 22.1. The Morgan fingerprint density at radius 3 is 2.43 bits per heavy atom. The molecule has 30 heavy (non-hydrogen) atoms. The number of sulfonamides is 1. The molecule has 0 aromatic heterocycles. The second kappa shape index (κ2) is 10.9. The van der Waals surface area contributed by atoms with Gasteiger partial charge < -0.3 is 10.1 Å². The van der Waals surface area contributed by atoms with Gasteiger partial charge in [0, 0.05) is 12.5 Å². The van der Waals surface area contributed by atoms with E-state index in [1.54, 1.807) is 13.8 Å². The molecular weight excluding hydrogens is 404 g/mol. The molecular formula is C22H28N2O5S. The number of amides is 1. The number of nitrogens with one attached hydrogen (secondary N) is 2. The minimum absolute atomic E-state index is 0.00364. The molecule has 2 rings (SSSR count). The van der Waals surface area contributed by atoms with E-state index in [4.69, 9.17) is 4.74 Å². The van der Waals surface area contributed by atoms with Crippen molar-refractivity contribution in [3.63, 3.8) is 0 Å². The summed E-state index contributed by atoms with van der Waals surface area (Å²) in [5, 5.41) is 2.71. The lowest BCUT2D eigenvalue weighted by molar-refractivity contribution is -0.121. The number of benzene rings is 2. The molecule has 0 saturated carbocycles. The fraction of sp³-hybridized carbons (Fsp3) is 0.364. The Labute approximate surface area is 177 Å². The monoisotopic (exact) mass is 432 g/mol. The van der Waals surface area contributed by atoms with Crippen LogP contribution in [0.5, 0.6) is 0 Å². The van der Waals surface area contributed by atoms with Gasteiger partial charge in [-0.25, -0.2) is 17.9 Å². The molecule has 0 spiro atoms. The molecule has 0 fully saturated rings. The summed E-state index contributed by atoms with van der Waals surface area (Å²) in [7, 11) is -3.70. The highest BCUT2D eigenvalue weighted by Crippen LogP contribution is 2.13. The third-order valence-electron chi connectivity index (χ3n) is 4.19. The fourth-order valence-electron chi connectivity index (χ4n) is 2.69. The van der Waals surface area contributed by atoms with Gasteiger partial charge in [0.2, 0.25) is 15.9 Å². The molecule has 7 nitrogen and oxygen atoms in total. The van der Waals surface area contributed by atoms with Crippen molar-refractivity contribution < 1.29 is 22.7 Å². The number of hydrogen-bond acceptors (Lipinski definition) is 5. The Kier molecular flexibility index (Phi) is 8.56. The number of aryl methyl sites for hydroxylation is 2. The Morgan fingerprint density at radius 2 is 1.77 bits per heavy atom. The Bertz CT molecular complexity index is 969. The van der Waals surface area contributed by atoms with E-state index in [0.29, 0.717) is 12.8 Å². The van der Waals surface area contributed by atoms with Crippen molar-refractivity contribution in [3.8, 4) is 0 Å². The van der Waals surface area contributed by atoms with E-state index in [1.807, 2.05) is 31.2 Å². The molecule has 8 heteroatoms. The lowest BCUT2D eigenvalue weighted by atomic mass is 10.1. The van der Waals surface area contributed by atoms with Crippen molar-refractivity contribution >= 4 is 21.9 Å². The molecule has 0 aliphatic rings. The van der Waals surface area contributed by atoms with Crippen LogP contribution < -0.4 is 10.0 Å². The predicted molar refractivity (Wildman–Crippen MR) is 115 cm³/mol. The standard InChI is InChI=1S/C22H28N2O5S/c1-16(2)24-30(27,28)20-6-4-5-19(15-20)22(26)29-14-13-23-21(25)12-11-18-9-7-17(3)8-10-18/h4-10,15-16,24H,11-14H2,1-3H3,(H,23,25). The number of ether oxygens (including phenoxy) is 1. The Balaban J connectivity index is 1.77. The SMILES string of the molecule is Cc1ccc(CCC(=O)NCCOC(=O)c2cccc(S(=O)(=O)NC(C)C)c2)cc1. The van der Waals surface area contributed by atoms with Gasteiger partial charge in [0.25, 0.3) is 0 Å². The number of carbonyl (C=O) groups is 2. The first kappa shape index (κ1) is 23.6. The van der Waals surface area contributed by atoms with E-state index < -0.39 is 16.0 Å². The van der Waals surface area contributed by atoms with Gasteiger partial charge >= 0.3 is 5.97 Å². The van der Waals surface area contributed by atoms with Crippen LogP contribution in [0.3, 0.4) is 0 Å². The van der Waals surface area contributed by atoms with Gasteiger partial charge in [0.05, 0.1) is 17.0 Å². The smallest absolute Gasteiger partial charge is 0.338 e. The first-order valence-corrected chi connectivity index (χ1v) is 11.3. The second-order valence-corrected chi connectivity index (χ2v) is 8.99. The molecule has 0 heterocycles. The van der Waals surface area contributed by atoms with Crippen molar-refractivity contribution in [3.05, 3.63) is 65.2 Å². The predicted octanol–water partition coefficient (Wildman–Crippen LogP) is 2.59. The maximum absolute atomic E-state index is 12.2. The maximum Gasteiger partial charge on any atom is 0.338 e. The summed E-state index contributed by atoms with van der Waals surface area (Å²) in [5.41, 5.74) is 2.39. The van der Waals surface area contributed by atoms with Crippen LogP contribution >= 0.6 is 0 Å². The van der Waals surface area contributed by atoms with Crippen LogP contribution in [0.15, 0.2) is 53.4 Å². The fourth-order valence-corrected chi connectivity index (χ4v) is 3.98. The zero-order valence-corrected chi connectivity index (χ0v) is 18.3. The van der Waals surface area contributed by atoms with Gasteiger partial charge in [-0.2, -0.15) is 0 Å². The van der Waals surface area contributed by atoms with E-state index in [9.17, 15) is 18.0 Å². The number of rotatable bonds is 10.